The van der Waals surface area contributed by atoms with Crippen LogP contribution in [0.5, 0.6) is 0 Å². The van der Waals surface area contributed by atoms with Gasteiger partial charge in [-0.1, -0.05) is 32.0 Å². The van der Waals surface area contributed by atoms with Gasteiger partial charge in [-0.15, -0.1) is 0 Å². The quantitative estimate of drug-likeness (QED) is 0.888. The van der Waals surface area contributed by atoms with E-state index in [4.69, 9.17) is 0 Å². The molecule has 0 spiro atoms. The second-order valence-electron chi connectivity index (χ2n) is 6.61. The third kappa shape index (κ3) is 3.12. The standard InChI is InChI=1S/C18H24N2O/c1-12-7-8-16(13(2)9-12)20-18(21)10-14-11-19-17-6-4-3-5-15(14)17/h3-6,11-13,16,19H,7-10H2,1-2H3,(H,20,21). The molecule has 1 aliphatic rings. The van der Waals surface area contributed by atoms with Crippen molar-refractivity contribution in [2.45, 2.75) is 45.6 Å². The summed E-state index contributed by atoms with van der Waals surface area (Å²) in [5, 5.41) is 4.39. The molecule has 3 atom stereocenters. The lowest BCUT2D eigenvalue weighted by Gasteiger charge is -2.33. The predicted molar refractivity (Wildman–Crippen MR) is 86.1 cm³/mol. The van der Waals surface area contributed by atoms with Crippen molar-refractivity contribution in [1.29, 1.82) is 0 Å². The number of nitrogens with one attached hydrogen (secondary N) is 2. The lowest BCUT2D eigenvalue weighted by molar-refractivity contribution is -0.121. The fourth-order valence-corrected chi connectivity index (χ4v) is 3.59. The molecule has 1 fully saturated rings. The molecule has 0 aliphatic heterocycles. The van der Waals surface area contributed by atoms with Crippen LogP contribution >= 0.6 is 0 Å². The Bertz CT molecular complexity index is 631. The fraction of sp³-hybridized carbons (Fsp3) is 0.500. The highest BCUT2D eigenvalue weighted by atomic mass is 16.1. The third-order valence-electron chi connectivity index (χ3n) is 4.80. The van der Waals surface area contributed by atoms with Gasteiger partial charge in [0, 0.05) is 23.1 Å². The number of para-hydroxylation sites is 1. The van der Waals surface area contributed by atoms with Crippen molar-refractivity contribution >= 4 is 16.8 Å². The van der Waals surface area contributed by atoms with E-state index in [0.717, 1.165) is 28.8 Å². The Kier molecular flexibility index (Phi) is 4.00. The van der Waals surface area contributed by atoms with Gasteiger partial charge < -0.3 is 10.3 Å². The van der Waals surface area contributed by atoms with Gasteiger partial charge in [0.1, 0.15) is 0 Å². The molecule has 3 rings (SSSR count). The number of hydrogen-bond acceptors (Lipinski definition) is 1. The fourth-order valence-electron chi connectivity index (χ4n) is 3.59. The van der Waals surface area contributed by atoms with Gasteiger partial charge in [0.2, 0.25) is 5.91 Å². The molecule has 21 heavy (non-hydrogen) atoms. The maximum atomic E-state index is 12.3. The highest BCUT2D eigenvalue weighted by Crippen LogP contribution is 2.28. The Balaban J connectivity index is 1.64. The molecule has 1 amide bonds. The summed E-state index contributed by atoms with van der Waals surface area (Å²) in [6.45, 7) is 4.56. The van der Waals surface area contributed by atoms with Crippen LogP contribution in [0.4, 0.5) is 0 Å². The number of H-pyrrole nitrogens is 1. The Morgan fingerprint density at radius 1 is 1.29 bits per heavy atom. The molecule has 3 unspecified atom stereocenters. The molecule has 3 heteroatoms. The molecule has 0 saturated heterocycles. The lowest BCUT2D eigenvalue weighted by Crippen LogP contribution is -2.43. The topological polar surface area (TPSA) is 44.9 Å². The summed E-state index contributed by atoms with van der Waals surface area (Å²) >= 11 is 0. The van der Waals surface area contributed by atoms with Gasteiger partial charge in [0.05, 0.1) is 6.42 Å². The summed E-state index contributed by atoms with van der Waals surface area (Å²) in [7, 11) is 0. The summed E-state index contributed by atoms with van der Waals surface area (Å²) < 4.78 is 0. The van der Waals surface area contributed by atoms with E-state index in [-0.39, 0.29) is 5.91 Å². The monoisotopic (exact) mass is 284 g/mol. The minimum absolute atomic E-state index is 0.145. The summed E-state index contributed by atoms with van der Waals surface area (Å²) in [4.78, 5) is 15.6. The van der Waals surface area contributed by atoms with Crippen molar-refractivity contribution in [3.63, 3.8) is 0 Å². The molecule has 1 aromatic heterocycles. The summed E-state index contributed by atoms with van der Waals surface area (Å²) in [6.07, 6.45) is 5.97. The van der Waals surface area contributed by atoms with Gasteiger partial charge in [-0.05, 0) is 42.7 Å². The molecular weight excluding hydrogens is 260 g/mol. The molecule has 1 heterocycles. The zero-order chi connectivity index (χ0) is 14.8. The summed E-state index contributed by atoms with van der Waals surface area (Å²) in [5.74, 6) is 1.52. The molecule has 3 nitrogen and oxygen atoms in total. The van der Waals surface area contributed by atoms with E-state index < -0.39 is 0 Å². The third-order valence-corrected chi connectivity index (χ3v) is 4.80. The van der Waals surface area contributed by atoms with Crippen LogP contribution in [0.3, 0.4) is 0 Å². The SMILES string of the molecule is CC1CCC(NC(=O)Cc2c[nH]c3ccccc23)C(C)C1. The highest BCUT2D eigenvalue weighted by molar-refractivity contribution is 5.88. The van der Waals surface area contributed by atoms with Crippen LogP contribution in [0.25, 0.3) is 10.9 Å². The first-order valence-electron chi connectivity index (χ1n) is 7.98. The van der Waals surface area contributed by atoms with Crippen LogP contribution < -0.4 is 5.32 Å². The van der Waals surface area contributed by atoms with Crippen LogP contribution in [0.1, 0.15) is 38.7 Å². The van der Waals surface area contributed by atoms with Crippen molar-refractivity contribution in [3.8, 4) is 0 Å². The second kappa shape index (κ2) is 5.92. The zero-order valence-electron chi connectivity index (χ0n) is 12.9. The number of aromatic nitrogens is 1. The number of aromatic amines is 1. The van der Waals surface area contributed by atoms with Crippen molar-refractivity contribution in [3.05, 3.63) is 36.0 Å². The van der Waals surface area contributed by atoms with E-state index in [2.05, 4.69) is 30.2 Å². The van der Waals surface area contributed by atoms with Gasteiger partial charge in [-0.3, -0.25) is 4.79 Å². The van der Waals surface area contributed by atoms with Gasteiger partial charge in [-0.25, -0.2) is 0 Å². The molecule has 112 valence electrons. The van der Waals surface area contributed by atoms with Crippen molar-refractivity contribution in [1.82, 2.24) is 10.3 Å². The van der Waals surface area contributed by atoms with Crippen molar-refractivity contribution < 1.29 is 4.79 Å². The van der Waals surface area contributed by atoms with Crippen LogP contribution in [-0.2, 0) is 11.2 Å². The molecule has 1 aliphatic carbocycles. The minimum atomic E-state index is 0.145. The molecule has 1 saturated carbocycles. The number of carbonyl (C=O) groups excluding carboxylic acids is 1. The van der Waals surface area contributed by atoms with Crippen LogP contribution in [-0.4, -0.2) is 16.9 Å². The molecule has 0 bridgehead atoms. The average Bonchev–Trinajstić information content (AvgIpc) is 2.85. The van der Waals surface area contributed by atoms with E-state index in [9.17, 15) is 4.79 Å². The Hall–Kier alpha value is -1.77. The second-order valence-corrected chi connectivity index (χ2v) is 6.61. The number of carbonyl (C=O) groups is 1. The highest BCUT2D eigenvalue weighted by Gasteiger charge is 2.26. The van der Waals surface area contributed by atoms with Gasteiger partial charge >= 0.3 is 0 Å². The smallest absolute Gasteiger partial charge is 0.224 e. The van der Waals surface area contributed by atoms with Gasteiger partial charge in [0.25, 0.3) is 0 Å². The maximum Gasteiger partial charge on any atom is 0.224 e. The Morgan fingerprint density at radius 2 is 2.10 bits per heavy atom. The first kappa shape index (κ1) is 14.2. The van der Waals surface area contributed by atoms with E-state index in [1.54, 1.807) is 0 Å². The van der Waals surface area contributed by atoms with E-state index in [1.807, 2.05) is 24.4 Å². The van der Waals surface area contributed by atoms with Gasteiger partial charge in [0.15, 0.2) is 0 Å². The predicted octanol–water partition coefficient (Wildman–Crippen LogP) is 3.65. The van der Waals surface area contributed by atoms with Gasteiger partial charge in [-0.2, -0.15) is 0 Å². The van der Waals surface area contributed by atoms with Crippen LogP contribution in [0.15, 0.2) is 30.5 Å². The largest absolute Gasteiger partial charge is 0.361 e. The lowest BCUT2D eigenvalue weighted by atomic mass is 9.80. The van der Waals surface area contributed by atoms with E-state index >= 15 is 0 Å². The Morgan fingerprint density at radius 3 is 2.90 bits per heavy atom. The summed E-state index contributed by atoms with van der Waals surface area (Å²) in [5.41, 5.74) is 2.18. The average molecular weight is 284 g/mol. The molecule has 2 aromatic rings. The number of benzene rings is 1. The maximum absolute atomic E-state index is 12.3. The van der Waals surface area contributed by atoms with Crippen molar-refractivity contribution in [2.24, 2.45) is 11.8 Å². The minimum Gasteiger partial charge on any atom is -0.361 e. The first-order chi connectivity index (χ1) is 10.1. The molecule has 0 radical (unpaired) electrons. The van der Waals surface area contributed by atoms with E-state index in [1.165, 1.54) is 12.8 Å². The van der Waals surface area contributed by atoms with Crippen molar-refractivity contribution in [2.75, 3.05) is 0 Å². The number of amides is 1. The number of rotatable bonds is 3. The van der Waals surface area contributed by atoms with E-state index in [0.29, 0.717) is 18.4 Å². The number of fused-ring (bicyclic) bond motifs is 1. The number of hydrogen-bond donors (Lipinski definition) is 2. The summed E-state index contributed by atoms with van der Waals surface area (Å²) in [6, 6.07) is 8.48. The zero-order valence-corrected chi connectivity index (χ0v) is 12.9. The first-order valence-corrected chi connectivity index (χ1v) is 7.98. The molecular formula is C18H24N2O. The van der Waals surface area contributed by atoms with Crippen LogP contribution in [0.2, 0.25) is 0 Å². The molecule has 2 N–H and O–H groups in total. The normalized spacial score (nSPS) is 25.9. The molecule has 1 aromatic carbocycles. The Labute approximate surface area is 126 Å². The van der Waals surface area contributed by atoms with Crippen LogP contribution in [0, 0.1) is 11.8 Å².